The molecule has 0 amide bonds. The lowest BCUT2D eigenvalue weighted by Gasteiger charge is -2.23. The second kappa shape index (κ2) is 7.61. The van der Waals surface area contributed by atoms with E-state index in [1.165, 1.54) is 25.3 Å². The molecule has 1 aromatic rings. The predicted molar refractivity (Wildman–Crippen MR) is 75.8 cm³/mol. The van der Waals surface area contributed by atoms with E-state index < -0.39 is 0 Å². The van der Waals surface area contributed by atoms with Crippen molar-refractivity contribution in [1.29, 1.82) is 0 Å². The molecule has 3 heteroatoms. The quantitative estimate of drug-likeness (QED) is 0.852. The number of hydrogen-bond acceptors (Lipinski definition) is 2. The maximum absolute atomic E-state index is 13.5. The predicted octanol–water partition coefficient (Wildman–Crippen LogP) is 3.31. The van der Waals surface area contributed by atoms with Crippen LogP contribution < -0.4 is 5.32 Å². The molecule has 1 saturated heterocycles. The van der Waals surface area contributed by atoms with Gasteiger partial charge in [-0.25, -0.2) is 4.39 Å². The van der Waals surface area contributed by atoms with Crippen LogP contribution >= 0.6 is 0 Å². The first-order valence-corrected chi connectivity index (χ1v) is 7.34. The summed E-state index contributed by atoms with van der Waals surface area (Å²) in [5, 5.41) is 3.46. The van der Waals surface area contributed by atoms with Crippen LogP contribution in [0.1, 0.15) is 38.2 Å². The van der Waals surface area contributed by atoms with E-state index >= 15 is 0 Å². The van der Waals surface area contributed by atoms with Gasteiger partial charge in [0.1, 0.15) is 5.82 Å². The summed E-state index contributed by atoms with van der Waals surface area (Å²) in [6.07, 6.45) is 5.88. The molecule has 1 aliphatic rings. The zero-order valence-corrected chi connectivity index (χ0v) is 11.7. The van der Waals surface area contributed by atoms with Gasteiger partial charge in [0.05, 0.1) is 6.10 Å². The highest BCUT2D eigenvalue weighted by molar-refractivity contribution is 5.18. The Morgan fingerprint density at radius 1 is 1.37 bits per heavy atom. The standard InChI is InChI=1S/C16H24FNO/c1-13(12-14-6-2-3-8-16(14)17)18-10-9-15-7-4-5-11-19-15/h2-3,6,8,13,15,18H,4-5,7,9-12H2,1H3. The summed E-state index contributed by atoms with van der Waals surface area (Å²) in [6, 6.07) is 7.30. The number of hydrogen-bond donors (Lipinski definition) is 1. The molecule has 0 spiro atoms. The summed E-state index contributed by atoms with van der Waals surface area (Å²) in [5.74, 6) is -0.105. The van der Waals surface area contributed by atoms with Gasteiger partial charge in [-0.3, -0.25) is 0 Å². The Balaban J connectivity index is 1.67. The highest BCUT2D eigenvalue weighted by Gasteiger charge is 2.14. The highest BCUT2D eigenvalue weighted by atomic mass is 19.1. The maximum Gasteiger partial charge on any atom is 0.126 e. The molecule has 19 heavy (non-hydrogen) atoms. The van der Waals surface area contributed by atoms with Gasteiger partial charge in [0.15, 0.2) is 0 Å². The van der Waals surface area contributed by atoms with Gasteiger partial charge in [0, 0.05) is 12.6 Å². The minimum atomic E-state index is -0.105. The van der Waals surface area contributed by atoms with Crippen LogP contribution in [0.4, 0.5) is 4.39 Å². The molecule has 2 unspecified atom stereocenters. The van der Waals surface area contributed by atoms with Gasteiger partial charge in [0.25, 0.3) is 0 Å². The van der Waals surface area contributed by atoms with Gasteiger partial charge in [-0.15, -0.1) is 0 Å². The van der Waals surface area contributed by atoms with Crippen molar-refractivity contribution in [2.45, 2.75) is 51.2 Å². The van der Waals surface area contributed by atoms with Crippen LogP contribution in [-0.2, 0) is 11.2 Å². The molecule has 2 atom stereocenters. The molecule has 0 bridgehead atoms. The Morgan fingerprint density at radius 2 is 2.21 bits per heavy atom. The van der Waals surface area contributed by atoms with Crippen molar-refractivity contribution in [1.82, 2.24) is 5.32 Å². The van der Waals surface area contributed by atoms with E-state index in [1.807, 2.05) is 12.1 Å². The summed E-state index contributed by atoms with van der Waals surface area (Å²) in [6.45, 7) is 3.96. The first-order chi connectivity index (χ1) is 9.25. The molecule has 0 aliphatic carbocycles. The van der Waals surface area contributed by atoms with Crippen LogP contribution in [0, 0.1) is 5.82 Å². The van der Waals surface area contributed by atoms with E-state index in [1.54, 1.807) is 6.07 Å². The molecule has 1 fully saturated rings. The third-order valence-corrected chi connectivity index (χ3v) is 3.72. The molecule has 1 heterocycles. The van der Waals surface area contributed by atoms with Gasteiger partial charge in [-0.05, 0) is 57.2 Å². The third kappa shape index (κ3) is 4.92. The topological polar surface area (TPSA) is 21.3 Å². The van der Waals surface area contributed by atoms with Crippen LogP contribution in [0.5, 0.6) is 0 Å². The molecular formula is C16H24FNO. The lowest BCUT2D eigenvalue weighted by atomic mass is 10.0. The van der Waals surface area contributed by atoms with Crippen LogP contribution in [0.3, 0.4) is 0 Å². The van der Waals surface area contributed by atoms with E-state index in [0.29, 0.717) is 12.1 Å². The number of halogens is 1. The second-order valence-corrected chi connectivity index (χ2v) is 5.43. The molecule has 0 radical (unpaired) electrons. The van der Waals surface area contributed by atoms with Gasteiger partial charge >= 0.3 is 0 Å². The summed E-state index contributed by atoms with van der Waals surface area (Å²) in [5.41, 5.74) is 0.788. The minimum Gasteiger partial charge on any atom is -0.378 e. The molecule has 0 saturated carbocycles. The monoisotopic (exact) mass is 265 g/mol. The summed E-state index contributed by atoms with van der Waals surface area (Å²) in [4.78, 5) is 0. The Bertz CT molecular complexity index is 377. The lowest BCUT2D eigenvalue weighted by molar-refractivity contribution is 0.0113. The molecule has 1 N–H and O–H groups in total. The van der Waals surface area contributed by atoms with Gasteiger partial charge < -0.3 is 10.1 Å². The number of rotatable bonds is 6. The fraction of sp³-hybridized carbons (Fsp3) is 0.625. The average molecular weight is 265 g/mol. The van der Waals surface area contributed by atoms with Crippen molar-refractivity contribution in [3.63, 3.8) is 0 Å². The van der Waals surface area contributed by atoms with Crippen LogP contribution in [-0.4, -0.2) is 25.3 Å². The summed E-state index contributed by atoms with van der Waals surface area (Å²) < 4.78 is 19.2. The fourth-order valence-electron chi connectivity index (χ4n) is 2.59. The minimum absolute atomic E-state index is 0.105. The smallest absolute Gasteiger partial charge is 0.126 e. The molecule has 2 nitrogen and oxygen atoms in total. The zero-order valence-electron chi connectivity index (χ0n) is 11.7. The van der Waals surface area contributed by atoms with Gasteiger partial charge in [0.2, 0.25) is 0 Å². The van der Waals surface area contributed by atoms with E-state index in [-0.39, 0.29) is 5.82 Å². The number of nitrogens with one attached hydrogen (secondary N) is 1. The second-order valence-electron chi connectivity index (χ2n) is 5.43. The van der Waals surface area contributed by atoms with Crippen molar-refractivity contribution in [3.05, 3.63) is 35.6 Å². The van der Waals surface area contributed by atoms with Crippen LogP contribution in [0.2, 0.25) is 0 Å². The van der Waals surface area contributed by atoms with Gasteiger partial charge in [-0.1, -0.05) is 18.2 Å². The van der Waals surface area contributed by atoms with Crippen LogP contribution in [0.25, 0.3) is 0 Å². The van der Waals surface area contributed by atoms with Gasteiger partial charge in [-0.2, -0.15) is 0 Å². The highest BCUT2D eigenvalue weighted by Crippen LogP contribution is 2.15. The fourth-order valence-corrected chi connectivity index (χ4v) is 2.59. The molecule has 0 aromatic heterocycles. The Kier molecular flexibility index (Phi) is 5.80. The maximum atomic E-state index is 13.5. The number of benzene rings is 1. The van der Waals surface area contributed by atoms with Crippen molar-refractivity contribution in [2.75, 3.05) is 13.2 Å². The van der Waals surface area contributed by atoms with E-state index in [4.69, 9.17) is 4.74 Å². The Labute approximate surface area is 115 Å². The largest absolute Gasteiger partial charge is 0.378 e. The first kappa shape index (κ1) is 14.5. The third-order valence-electron chi connectivity index (χ3n) is 3.72. The lowest BCUT2D eigenvalue weighted by Crippen LogP contribution is -2.32. The normalized spacial score (nSPS) is 21.3. The van der Waals surface area contributed by atoms with E-state index in [0.717, 1.165) is 31.6 Å². The molecule has 106 valence electrons. The average Bonchev–Trinajstić information content (AvgIpc) is 2.43. The number of ether oxygens (including phenoxy) is 1. The molecule has 2 rings (SSSR count). The van der Waals surface area contributed by atoms with E-state index in [9.17, 15) is 4.39 Å². The van der Waals surface area contributed by atoms with Crippen molar-refractivity contribution in [2.24, 2.45) is 0 Å². The first-order valence-electron chi connectivity index (χ1n) is 7.34. The molecular weight excluding hydrogens is 241 g/mol. The molecule has 1 aromatic carbocycles. The summed E-state index contributed by atoms with van der Waals surface area (Å²) in [7, 11) is 0. The van der Waals surface area contributed by atoms with Crippen molar-refractivity contribution < 1.29 is 9.13 Å². The van der Waals surface area contributed by atoms with Crippen LogP contribution in [0.15, 0.2) is 24.3 Å². The zero-order chi connectivity index (χ0) is 13.5. The van der Waals surface area contributed by atoms with E-state index in [2.05, 4.69) is 12.2 Å². The summed E-state index contributed by atoms with van der Waals surface area (Å²) >= 11 is 0. The SMILES string of the molecule is CC(Cc1ccccc1F)NCCC1CCCCO1. The Hall–Kier alpha value is -0.930. The Morgan fingerprint density at radius 3 is 2.95 bits per heavy atom. The molecule has 1 aliphatic heterocycles. The van der Waals surface area contributed by atoms with Crippen molar-refractivity contribution >= 4 is 0 Å². The van der Waals surface area contributed by atoms with Crippen molar-refractivity contribution in [3.8, 4) is 0 Å².